The van der Waals surface area contributed by atoms with Crippen molar-refractivity contribution < 1.29 is 17.9 Å². The molecular formula is C25H28F3N5O. The second-order valence-electron chi connectivity index (χ2n) is 10.1. The maximum absolute atomic E-state index is 14.2. The van der Waals surface area contributed by atoms with E-state index in [1.165, 1.54) is 12.5 Å². The summed E-state index contributed by atoms with van der Waals surface area (Å²) < 4.78 is 48.1. The van der Waals surface area contributed by atoms with E-state index in [1.807, 2.05) is 19.9 Å². The van der Waals surface area contributed by atoms with Crippen LogP contribution >= 0.6 is 0 Å². The summed E-state index contributed by atoms with van der Waals surface area (Å²) in [5, 5.41) is 17.2. The van der Waals surface area contributed by atoms with Gasteiger partial charge in [0.25, 0.3) is 0 Å². The number of nitrogens with zero attached hydrogens (tertiary/aromatic N) is 3. The lowest BCUT2D eigenvalue weighted by atomic mass is 9.61. The number of fused-ring (bicyclic) bond motifs is 2. The maximum atomic E-state index is 14.2. The first-order valence-electron chi connectivity index (χ1n) is 11.7. The fourth-order valence-electron chi connectivity index (χ4n) is 6.39. The van der Waals surface area contributed by atoms with E-state index in [0.717, 1.165) is 32.0 Å². The van der Waals surface area contributed by atoms with Crippen molar-refractivity contribution in [3.63, 3.8) is 0 Å². The van der Waals surface area contributed by atoms with Crippen molar-refractivity contribution in [1.29, 1.82) is 5.26 Å². The number of rotatable bonds is 3. The van der Waals surface area contributed by atoms with Crippen LogP contribution in [0.3, 0.4) is 0 Å². The van der Waals surface area contributed by atoms with Gasteiger partial charge >= 0.3 is 6.18 Å². The highest BCUT2D eigenvalue weighted by atomic mass is 19.4. The summed E-state index contributed by atoms with van der Waals surface area (Å²) in [6.45, 7) is 7.04. The maximum Gasteiger partial charge on any atom is 0.416 e. The largest absolute Gasteiger partial charge is 0.420 e. The van der Waals surface area contributed by atoms with Crippen LogP contribution in [0, 0.1) is 36.0 Å². The van der Waals surface area contributed by atoms with E-state index in [0.29, 0.717) is 34.3 Å². The minimum atomic E-state index is -4.54. The second-order valence-corrected chi connectivity index (χ2v) is 10.1. The fraction of sp³-hybridized carbons (Fsp3) is 0.520. The lowest BCUT2D eigenvalue weighted by Crippen LogP contribution is -2.41. The van der Waals surface area contributed by atoms with Crippen molar-refractivity contribution in [2.75, 3.05) is 18.0 Å². The molecule has 0 radical (unpaired) electrons. The van der Waals surface area contributed by atoms with Crippen LogP contribution in [0.4, 0.5) is 18.9 Å². The van der Waals surface area contributed by atoms with E-state index in [1.54, 1.807) is 6.92 Å². The predicted octanol–water partition coefficient (Wildman–Crippen LogP) is 5.00. The lowest BCUT2D eigenvalue weighted by molar-refractivity contribution is -0.137. The second kappa shape index (κ2) is 7.69. The number of nitrogens with two attached hydrogens (primary N) is 1. The van der Waals surface area contributed by atoms with E-state index in [4.69, 9.17) is 10.5 Å². The summed E-state index contributed by atoms with van der Waals surface area (Å²) in [6.07, 6.45) is -1.11. The molecule has 0 bridgehead atoms. The number of allylic oxidation sites excluding steroid dienone is 1. The van der Waals surface area contributed by atoms with Crippen molar-refractivity contribution >= 4 is 5.69 Å². The molecule has 5 rings (SSSR count). The summed E-state index contributed by atoms with van der Waals surface area (Å²) in [5.41, 5.74) is 6.36. The molecule has 34 heavy (non-hydrogen) atoms. The molecule has 1 aromatic heterocycles. The number of nitriles is 1. The van der Waals surface area contributed by atoms with Gasteiger partial charge in [-0.2, -0.15) is 18.4 Å². The molecule has 1 saturated heterocycles. The highest BCUT2D eigenvalue weighted by Gasteiger charge is 2.51. The number of ether oxygens (including phenoxy) is 1. The third-order valence-electron chi connectivity index (χ3n) is 7.93. The van der Waals surface area contributed by atoms with Gasteiger partial charge in [-0.05, 0) is 61.3 Å². The summed E-state index contributed by atoms with van der Waals surface area (Å²) in [5.74, 6) is 0.789. The number of hydrogen-bond acceptors (Lipinski definition) is 5. The van der Waals surface area contributed by atoms with Crippen LogP contribution < -0.4 is 15.4 Å². The summed E-state index contributed by atoms with van der Waals surface area (Å²) in [6, 6.07) is 6.36. The highest BCUT2D eigenvalue weighted by Crippen LogP contribution is 2.54. The molecule has 2 aliphatic heterocycles. The van der Waals surface area contributed by atoms with E-state index in [9.17, 15) is 18.4 Å². The zero-order valence-corrected chi connectivity index (χ0v) is 19.5. The van der Waals surface area contributed by atoms with Crippen molar-refractivity contribution in [2.45, 2.75) is 51.6 Å². The summed E-state index contributed by atoms with van der Waals surface area (Å²) in [4.78, 5) is 2.07. The number of aromatic nitrogens is 2. The third-order valence-corrected chi connectivity index (χ3v) is 7.93. The zero-order chi connectivity index (χ0) is 24.4. The minimum absolute atomic E-state index is 0.100. The van der Waals surface area contributed by atoms with Gasteiger partial charge in [-0.15, -0.1) is 5.10 Å². The normalized spacial score (nSPS) is 26.5. The first kappa shape index (κ1) is 22.6. The van der Waals surface area contributed by atoms with Gasteiger partial charge in [-0.1, -0.05) is 20.3 Å². The van der Waals surface area contributed by atoms with Crippen LogP contribution in [0.5, 0.6) is 5.88 Å². The molecule has 2 fully saturated rings. The Morgan fingerprint density at radius 3 is 2.50 bits per heavy atom. The number of halogens is 3. The molecule has 0 amide bonds. The Labute approximate surface area is 196 Å². The van der Waals surface area contributed by atoms with Crippen molar-refractivity contribution in [3.8, 4) is 11.9 Å². The number of aromatic amines is 1. The Hall–Kier alpha value is -3.15. The average molecular weight is 472 g/mol. The van der Waals surface area contributed by atoms with Crippen LogP contribution in [0.2, 0.25) is 0 Å². The average Bonchev–Trinajstić information content (AvgIpc) is 3.47. The molecular weight excluding hydrogens is 443 g/mol. The lowest BCUT2D eigenvalue weighted by Gasteiger charge is -2.41. The number of nitrogens with one attached hydrogen (secondary N) is 1. The predicted molar refractivity (Wildman–Crippen MR) is 121 cm³/mol. The van der Waals surface area contributed by atoms with E-state index in [-0.39, 0.29) is 23.3 Å². The smallest absolute Gasteiger partial charge is 0.416 e. The molecule has 6 nitrogen and oxygen atoms in total. The quantitative estimate of drug-likeness (QED) is 0.657. The van der Waals surface area contributed by atoms with Gasteiger partial charge in [0.15, 0.2) is 0 Å². The number of alkyl halides is 3. The molecule has 1 aromatic carbocycles. The van der Waals surface area contributed by atoms with Crippen molar-refractivity contribution in [1.82, 2.24) is 10.2 Å². The Balaban J connectivity index is 1.77. The molecule has 3 N–H and O–H groups in total. The van der Waals surface area contributed by atoms with E-state index in [2.05, 4.69) is 21.2 Å². The molecule has 2 aromatic rings. The van der Waals surface area contributed by atoms with Gasteiger partial charge in [0, 0.05) is 24.5 Å². The fourth-order valence-corrected chi connectivity index (χ4v) is 6.39. The Bertz CT molecular complexity index is 1200. The molecule has 1 saturated carbocycles. The third kappa shape index (κ3) is 3.18. The van der Waals surface area contributed by atoms with E-state index < -0.39 is 17.2 Å². The van der Waals surface area contributed by atoms with Crippen molar-refractivity contribution in [2.24, 2.45) is 23.5 Å². The molecule has 180 valence electrons. The molecule has 3 unspecified atom stereocenters. The van der Waals surface area contributed by atoms with Crippen LogP contribution in [0.15, 0.2) is 29.7 Å². The molecule has 0 spiro atoms. The molecule has 3 aliphatic rings. The number of benzene rings is 1. The SMILES string of the molecule is Cc1[nH]nc2c1C(c1cc(N3CC4CCCC4C3)cc(C(F)(F)F)c1)(C(C)C)C(C#N)=C(N)O2. The monoisotopic (exact) mass is 471 g/mol. The molecule has 3 heterocycles. The van der Waals surface area contributed by atoms with Crippen LogP contribution in [-0.2, 0) is 11.6 Å². The Morgan fingerprint density at radius 2 is 1.91 bits per heavy atom. The minimum Gasteiger partial charge on any atom is -0.420 e. The topological polar surface area (TPSA) is 91.0 Å². The van der Waals surface area contributed by atoms with Crippen LogP contribution in [0.25, 0.3) is 0 Å². The number of aryl methyl sites for hydroxylation is 1. The summed E-state index contributed by atoms with van der Waals surface area (Å²) >= 11 is 0. The molecule has 9 heteroatoms. The van der Waals surface area contributed by atoms with Gasteiger partial charge < -0.3 is 15.4 Å². The van der Waals surface area contributed by atoms with Gasteiger partial charge in [0.1, 0.15) is 11.6 Å². The standard InChI is InChI=1S/C25H28F3N5O/c1-13(2)24(20(10-29)22(30)34-23-21(24)14(3)31-32-23)17-7-18(25(26,27)28)9-19(8-17)33-11-15-5-4-6-16(15)12-33/h7-9,13,15-16H,4-6,11-12,30H2,1-3H3,(H,31,32). The number of hydrogen-bond donors (Lipinski definition) is 2. The zero-order valence-electron chi connectivity index (χ0n) is 19.5. The summed E-state index contributed by atoms with van der Waals surface area (Å²) in [7, 11) is 0. The van der Waals surface area contributed by atoms with Crippen LogP contribution in [-0.4, -0.2) is 23.3 Å². The highest BCUT2D eigenvalue weighted by molar-refractivity contribution is 5.65. The van der Waals surface area contributed by atoms with Crippen molar-refractivity contribution in [3.05, 3.63) is 52.0 Å². The number of H-pyrrole nitrogens is 1. The Morgan fingerprint density at radius 1 is 1.24 bits per heavy atom. The molecule has 3 atom stereocenters. The van der Waals surface area contributed by atoms with Gasteiger partial charge in [-0.25, -0.2) is 0 Å². The van der Waals surface area contributed by atoms with Gasteiger partial charge in [0.2, 0.25) is 11.8 Å². The Kier molecular flexibility index (Phi) is 5.12. The first-order valence-corrected chi connectivity index (χ1v) is 11.7. The molecule has 1 aliphatic carbocycles. The van der Waals surface area contributed by atoms with E-state index >= 15 is 0 Å². The van der Waals surface area contributed by atoms with Crippen LogP contribution in [0.1, 0.15) is 55.5 Å². The van der Waals surface area contributed by atoms with Gasteiger partial charge in [-0.3, -0.25) is 5.10 Å². The first-order chi connectivity index (χ1) is 16.1. The van der Waals surface area contributed by atoms with Gasteiger partial charge in [0.05, 0.1) is 16.5 Å². The number of anilines is 1.